The molecule has 1 saturated heterocycles. The number of thiophene rings is 1. The molecule has 0 aliphatic carbocycles. The Morgan fingerprint density at radius 3 is 2.57 bits per heavy atom. The molecule has 154 valence electrons. The molecule has 1 fully saturated rings. The van der Waals surface area contributed by atoms with Crippen LogP contribution in [0.2, 0.25) is 0 Å². The maximum Gasteiger partial charge on any atom is 0.265 e. The van der Waals surface area contributed by atoms with Crippen molar-refractivity contribution >= 4 is 34.7 Å². The third-order valence-corrected chi connectivity index (χ3v) is 5.64. The van der Waals surface area contributed by atoms with Crippen LogP contribution in [0, 0.1) is 0 Å². The number of pyridine rings is 1. The van der Waals surface area contributed by atoms with E-state index >= 15 is 0 Å². The molecule has 2 N–H and O–H groups in total. The number of benzene rings is 1. The molecule has 1 aliphatic heterocycles. The number of amides is 2. The van der Waals surface area contributed by atoms with Crippen molar-refractivity contribution in [1.29, 1.82) is 0 Å². The van der Waals surface area contributed by atoms with Gasteiger partial charge in [-0.3, -0.25) is 9.59 Å². The van der Waals surface area contributed by atoms with Gasteiger partial charge in [-0.15, -0.1) is 11.3 Å². The normalized spacial score (nSPS) is 13.7. The van der Waals surface area contributed by atoms with E-state index in [-0.39, 0.29) is 11.8 Å². The van der Waals surface area contributed by atoms with Gasteiger partial charge < -0.3 is 20.3 Å². The number of ether oxygens (including phenoxy) is 1. The molecule has 8 heteroatoms. The van der Waals surface area contributed by atoms with E-state index in [1.54, 1.807) is 36.5 Å². The average molecular weight is 423 g/mol. The number of nitrogens with zero attached hydrogens (tertiary/aromatic N) is 2. The summed E-state index contributed by atoms with van der Waals surface area (Å²) in [6, 6.07) is 14.3. The molecule has 7 nitrogen and oxygen atoms in total. The molecule has 30 heavy (non-hydrogen) atoms. The van der Waals surface area contributed by atoms with E-state index in [2.05, 4.69) is 20.5 Å². The zero-order chi connectivity index (χ0) is 20.8. The highest BCUT2D eigenvalue weighted by atomic mass is 32.1. The summed E-state index contributed by atoms with van der Waals surface area (Å²) >= 11 is 1.38. The minimum Gasteiger partial charge on any atom is -0.378 e. The standard InChI is InChI=1S/C22H22N4O3S/c27-21(16-5-7-18(8-6-16)25-22(28)19-4-2-14-30-19)24-15-17-3-1-9-23-20(17)26-10-12-29-13-11-26/h1-9,14H,10-13,15H2,(H,24,27)(H,25,28). The van der Waals surface area contributed by atoms with Gasteiger partial charge in [0.2, 0.25) is 0 Å². The van der Waals surface area contributed by atoms with Crippen LogP contribution in [-0.2, 0) is 11.3 Å². The monoisotopic (exact) mass is 422 g/mol. The molecule has 0 radical (unpaired) electrons. The summed E-state index contributed by atoms with van der Waals surface area (Å²) in [5.74, 6) is 0.546. The zero-order valence-electron chi connectivity index (χ0n) is 16.3. The Hall–Kier alpha value is -3.23. The SMILES string of the molecule is O=C(NCc1cccnc1N1CCOCC1)c1ccc(NC(=O)c2cccs2)cc1. The summed E-state index contributed by atoms with van der Waals surface area (Å²) in [4.78, 5) is 32.0. The third-order valence-electron chi connectivity index (χ3n) is 4.77. The number of aromatic nitrogens is 1. The van der Waals surface area contributed by atoms with Gasteiger partial charge in [0.1, 0.15) is 5.82 Å². The van der Waals surface area contributed by atoms with Gasteiger partial charge >= 0.3 is 0 Å². The molecule has 1 aliphatic rings. The second-order valence-electron chi connectivity index (χ2n) is 6.78. The Morgan fingerprint density at radius 2 is 1.83 bits per heavy atom. The minimum absolute atomic E-state index is 0.158. The Bertz CT molecular complexity index is 999. The number of carbonyl (C=O) groups is 2. The first kappa shape index (κ1) is 20.1. The Morgan fingerprint density at radius 1 is 1.03 bits per heavy atom. The fourth-order valence-electron chi connectivity index (χ4n) is 3.21. The van der Waals surface area contributed by atoms with Crippen molar-refractivity contribution in [2.75, 3.05) is 36.5 Å². The third kappa shape index (κ3) is 4.84. The molecule has 4 rings (SSSR count). The van der Waals surface area contributed by atoms with Gasteiger partial charge in [-0.2, -0.15) is 0 Å². The van der Waals surface area contributed by atoms with Gasteiger partial charge in [-0.1, -0.05) is 12.1 Å². The summed E-state index contributed by atoms with van der Waals surface area (Å²) in [5, 5.41) is 7.64. The van der Waals surface area contributed by atoms with Gasteiger partial charge in [0, 0.05) is 42.6 Å². The fraction of sp³-hybridized carbons (Fsp3) is 0.227. The zero-order valence-corrected chi connectivity index (χ0v) is 17.2. The first-order valence-electron chi connectivity index (χ1n) is 9.70. The Kier molecular flexibility index (Phi) is 6.36. The Balaban J connectivity index is 1.36. The molecular formula is C22H22N4O3S. The van der Waals surface area contributed by atoms with Crippen LogP contribution in [-0.4, -0.2) is 43.1 Å². The highest BCUT2D eigenvalue weighted by Gasteiger charge is 2.16. The highest BCUT2D eigenvalue weighted by Crippen LogP contribution is 2.19. The predicted octanol–water partition coefficient (Wildman–Crippen LogP) is 3.16. The molecule has 3 heterocycles. The summed E-state index contributed by atoms with van der Waals surface area (Å²) in [5.41, 5.74) is 2.14. The van der Waals surface area contributed by atoms with E-state index in [0.29, 0.717) is 35.9 Å². The lowest BCUT2D eigenvalue weighted by molar-refractivity contribution is 0.0950. The summed E-state index contributed by atoms with van der Waals surface area (Å²) < 4.78 is 5.41. The van der Waals surface area contributed by atoms with Gasteiger partial charge in [0.05, 0.1) is 18.1 Å². The van der Waals surface area contributed by atoms with E-state index < -0.39 is 0 Å². The van der Waals surface area contributed by atoms with E-state index in [0.717, 1.165) is 24.5 Å². The van der Waals surface area contributed by atoms with Crippen molar-refractivity contribution in [3.8, 4) is 0 Å². The maximum absolute atomic E-state index is 12.6. The number of carbonyl (C=O) groups excluding carboxylic acids is 2. The molecule has 0 unspecified atom stereocenters. The van der Waals surface area contributed by atoms with Crippen molar-refractivity contribution in [2.45, 2.75) is 6.54 Å². The van der Waals surface area contributed by atoms with Crippen LogP contribution in [0.15, 0.2) is 60.1 Å². The van der Waals surface area contributed by atoms with E-state index in [1.807, 2.05) is 23.6 Å². The van der Waals surface area contributed by atoms with Crippen LogP contribution in [0.5, 0.6) is 0 Å². The molecule has 0 spiro atoms. The van der Waals surface area contributed by atoms with Gasteiger partial charge in [-0.25, -0.2) is 4.98 Å². The van der Waals surface area contributed by atoms with Crippen molar-refractivity contribution in [3.63, 3.8) is 0 Å². The topological polar surface area (TPSA) is 83.6 Å². The molecule has 2 amide bonds. The molecule has 0 atom stereocenters. The summed E-state index contributed by atoms with van der Waals surface area (Å²) in [7, 11) is 0. The van der Waals surface area contributed by atoms with Crippen molar-refractivity contribution in [1.82, 2.24) is 10.3 Å². The molecule has 1 aromatic carbocycles. The number of nitrogens with one attached hydrogen (secondary N) is 2. The highest BCUT2D eigenvalue weighted by molar-refractivity contribution is 7.12. The van der Waals surface area contributed by atoms with E-state index in [4.69, 9.17) is 4.74 Å². The lowest BCUT2D eigenvalue weighted by atomic mass is 10.1. The number of morpholine rings is 1. The number of rotatable bonds is 6. The molecule has 2 aromatic heterocycles. The second kappa shape index (κ2) is 9.51. The molecule has 3 aromatic rings. The molecule has 0 bridgehead atoms. The van der Waals surface area contributed by atoms with Crippen LogP contribution < -0.4 is 15.5 Å². The molecule has 0 saturated carbocycles. The second-order valence-corrected chi connectivity index (χ2v) is 7.72. The van der Waals surface area contributed by atoms with Crippen LogP contribution in [0.25, 0.3) is 0 Å². The van der Waals surface area contributed by atoms with Crippen molar-refractivity contribution in [3.05, 3.63) is 76.1 Å². The first-order valence-corrected chi connectivity index (χ1v) is 10.6. The van der Waals surface area contributed by atoms with Crippen molar-refractivity contribution in [2.24, 2.45) is 0 Å². The first-order chi connectivity index (χ1) is 14.7. The van der Waals surface area contributed by atoms with E-state index in [9.17, 15) is 9.59 Å². The average Bonchev–Trinajstić information content (AvgIpc) is 3.34. The van der Waals surface area contributed by atoms with Crippen molar-refractivity contribution < 1.29 is 14.3 Å². The van der Waals surface area contributed by atoms with Crippen LogP contribution in [0.3, 0.4) is 0 Å². The van der Waals surface area contributed by atoms with Gasteiger partial charge in [0.15, 0.2) is 0 Å². The van der Waals surface area contributed by atoms with E-state index in [1.165, 1.54) is 11.3 Å². The predicted molar refractivity (Wildman–Crippen MR) is 117 cm³/mol. The van der Waals surface area contributed by atoms with Crippen LogP contribution in [0.4, 0.5) is 11.5 Å². The largest absolute Gasteiger partial charge is 0.378 e. The quantitative estimate of drug-likeness (QED) is 0.638. The van der Waals surface area contributed by atoms with Gasteiger partial charge in [-0.05, 0) is 41.8 Å². The number of hydrogen-bond donors (Lipinski definition) is 2. The van der Waals surface area contributed by atoms with Crippen LogP contribution in [0.1, 0.15) is 25.6 Å². The summed E-state index contributed by atoms with van der Waals surface area (Å²) in [6.07, 6.45) is 1.76. The Labute approximate surface area is 178 Å². The smallest absolute Gasteiger partial charge is 0.265 e. The fourth-order valence-corrected chi connectivity index (χ4v) is 3.83. The minimum atomic E-state index is -0.178. The lowest BCUT2D eigenvalue weighted by Crippen LogP contribution is -2.37. The van der Waals surface area contributed by atoms with Gasteiger partial charge in [0.25, 0.3) is 11.8 Å². The summed E-state index contributed by atoms with van der Waals surface area (Å²) in [6.45, 7) is 3.32. The lowest BCUT2D eigenvalue weighted by Gasteiger charge is -2.29. The van der Waals surface area contributed by atoms with Crippen LogP contribution >= 0.6 is 11.3 Å². The maximum atomic E-state index is 12.6. The molecular weight excluding hydrogens is 400 g/mol. The number of hydrogen-bond acceptors (Lipinski definition) is 6. The number of anilines is 2.